The minimum atomic E-state index is 0.104. The van der Waals surface area contributed by atoms with Crippen LogP contribution in [0, 0.1) is 5.92 Å². The Balaban J connectivity index is 1.83. The van der Waals surface area contributed by atoms with Crippen LogP contribution in [0.25, 0.3) is 0 Å². The van der Waals surface area contributed by atoms with Crippen LogP contribution in [-0.2, 0) is 12.8 Å². The lowest BCUT2D eigenvalue weighted by Gasteiger charge is -2.31. The summed E-state index contributed by atoms with van der Waals surface area (Å²) in [5.74, 6) is 0.511. The maximum absolute atomic E-state index is 6.45. The largest absolute Gasteiger partial charge is 0.399 e. The van der Waals surface area contributed by atoms with E-state index in [0.29, 0.717) is 5.92 Å². The molecule has 0 saturated carbocycles. The summed E-state index contributed by atoms with van der Waals surface area (Å²) >= 11 is 0. The first kappa shape index (κ1) is 12.2. The van der Waals surface area contributed by atoms with Crippen molar-refractivity contribution in [2.24, 2.45) is 11.7 Å². The van der Waals surface area contributed by atoms with Crippen molar-refractivity contribution in [1.29, 1.82) is 0 Å². The minimum Gasteiger partial charge on any atom is -0.399 e. The van der Waals surface area contributed by atoms with Gasteiger partial charge in [0.1, 0.15) is 0 Å². The predicted octanol–water partition coefficient (Wildman–Crippen LogP) is 3.07. The third-order valence-corrected chi connectivity index (χ3v) is 4.16. The Morgan fingerprint density at radius 3 is 2.63 bits per heavy atom. The van der Waals surface area contributed by atoms with Crippen molar-refractivity contribution in [3.63, 3.8) is 0 Å². The summed E-state index contributed by atoms with van der Waals surface area (Å²) in [6.07, 6.45) is 3.32. The first-order valence-corrected chi connectivity index (χ1v) is 6.92. The van der Waals surface area contributed by atoms with E-state index < -0.39 is 0 Å². The van der Waals surface area contributed by atoms with Crippen LogP contribution >= 0.6 is 0 Å². The molecule has 0 bridgehead atoms. The average molecular weight is 252 g/mol. The van der Waals surface area contributed by atoms with Crippen molar-refractivity contribution in [2.45, 2.75) is 25.3 Å². The zero-order valence-corrected chi connectivity index (χ0v) is 11.0. The Bertz CT molecular complexity index is 563. The molecular weight excluding hydrogens is 232 g/mol. The molecule has 0 fully saturated rings. The van der Waals surface area contributed by atoms with Gasteiger partial charge in [0.25, 0.3) is 0 Å². The number of benzene rings is 2. The molecule has 1 aliphatic rings. The van der Waals surface area contributed by atoms with Crippen molar-refractivity contribution in [3.05, 3.63) is 65.2 Å². The van der Waals surface area contributed by atoms with E-state index in [1.54, 1.807) is 0 Å². The molecule has 0 aromatic heterocycles. The number of fused-ring (bicyclic) bond motifs is 1. The molecule has 1 aliphatic carbocycles. The quantitative estimate of drug-likeness (QED) is 0.807. The van der Waals surface area contributed by atoms with Gasteiger partial charge in [-0.05, 0) is 54.0 Å². The van der Waals surface area contributed by atoms with E-state index in [4.69, 9.17) is 11.5 Å². The van der Waals surface area contributed by atoms with E-state index in [-0.39, 0.29) is 6.04 Å². The number of aryl methyl sites for hydroxylation is 1. The van der Waals surface area contributed by atoms with Gasteiger partial charge in [0.15, 0.2) is 0 Å². The van der Waals surface area contributed by atoms with Gasteiger partial charge in [-0.25, -0.2) is 0 Å². The highest BCUT2D eigenvalue weighted by Crippen LogP contribution is 2.35. The lowest BCUT2D eigenvalue weighted by atomic mass is 9.77. The van der Waals surface area contributed by atoms with Crippen LogP contribution in [0.2, 0.25) is 0 Å². The van der Waals surface area contributed by atoms with Crippen molar-refractivity contribution in [1.82, 2.24) is 0 Å². The topological polar surface area (TPSA) is 52.0 Å². The van der Waals surface area contributed by atoms with E-state index in [2.05, 4.69) is 42.5 Å². The Labute approximate surface area is 114 Å². The third kappa shape index (κ3) is 2.49. The maximum Gasteiger partial charge on any atom is 0.0330 e. The SMILES string of the molecule is Nc1ccc2c(c1)C(N)C(Cc1ccccc1)CC2. The Kier molecular flexibility index (Phi) is 3.26. The normalized spacial score (nSPS) is 21.9. The van der Waals surface area contributed by atoms with E-state index in [1.807, 2.05) is 6.07 Å². The molecule has 0 heterocycles. The second-order valence-corrected chi connectivity index (χ2v) is 5.47. The van der Waals surface area contributed by atoms with E-state index in [0.717, 1.165) is 24.9 Å². The van der Waals surface area contributed by atoms with Crippen molar-refractivity contribution >= 4 is 5.69 Å². The number of nitrogen functional groups attached to an aromatic ring is 1. The Morgan fingerprint density at radius 1 is 1.05 bits per heavy atom. The summed E-state index contributed by atoms with van der Waals surface area (Å²) in [6.45, 7) is 0. The molecule has 0 radical (unpaired) electrons. The van der Waals surface area contributed by atoms with Gasteiger partial charge in [-0.15, -0.1) is 0 Å². The van der Waals surface area contributed by atoms with Gasteiger partial charge in [0.2, 0.25) is 0 Å². The minimum absolute atomic E-state index is 0.104. The molecule has 0 saturated heterocycles. The van der Waals surface area contributed by atoms with Gasteiger partial charge in [0, 0.05) is 11.7 Å². The lowest BCUT2D eigenvalue weighted by Crippen LogP contribution is -2.28. The molecule has 19 heavy (non-hydrogen) atoms. The molecule has 4 N–H and O–H groups in total. The smallest absolute Gasteiger partial charge is 0.0330 e. The van der Waals surface area contributed by atoms with Crippen LogP contribution < -0.4 is 11.5 Å². The monoisotopic (exact) mass is 252 g/mol. The highest BCUT2D eigenvalue weighted by atomic mass is 14.7. The van der Waals surface area contributed by atoms with E-state index in [9.17, 15) is 0 Å². The van der Waals surface area contributed by atoms with Crippen molar-refractivity contribution in [3.8, 4) is 0 Å². The number of nitrogens with two attached hydrogens (primary N) is 2. The second-order valence-electron chi connectivity index (χ2n) is 5.47. The van der Waals surface area contributed by atoms with Gasteiger partial charge in [-0.1, -0.05) is 36.4 Å². The first-order chi connectivity index (χ1) is 9.24. The first-order valence-electron chi connectivity index (χ1n) is 6.92. The van der Waals surface area contributed by atoms with Gasteiger partial charge >= 0.3 is 0 Å². The number of rotatable bonds is 2. The van der Waals surface area contributed by atoms with Crippen LogP contribution in [-0.4, -0.2) is 0 Å². The molecule has 2 aromatic rings. The summed E-state index contributed by atoms with van der Waals surface area (Å²) in [4.78, 5) is 0. The summed E-state index contributed by atoms with van der Waals surface area (Å²) in [7, 11) is 0. The highest BCUT2D eigenvalue weighted by molar-refractivity contribution is 5.47. The molecule has 3 rings (SSSR count). The van der Waals surface area contributed by atoms with Crippen LogP contribution in [0.3, 0.4) is 0 Å². The van der Waals surface area contributed by atoms with Crippen LogP contribution in [0.5, 0.6) is 0 Å². The van der Waals surface area contributed by atoms with Gasteiger partial charge in [0.05, 0.1) is 0 Å². The van der Waals surface area contributed by atoms with Crippen LogP contribution in [0.4, 0.5) is 5.69 Å². The highest BCUT2D eigenvalue weighted by Gasteiger charge is 2.26. The molecule has 0 aliphatic heterocycles. The Hall–Kier alpha value is -1.80. The molecule has 2 aromatic carbocycles. The molecule has 0 amide bonds. The standard InChI is InChI=1S/C17H20N2/c18-15-9-8-13-6-7-14(17(19)16(13)11-15)10-12-4-2-1-3-5-12/h1-5,8-9,11,14,17H,6-7,10,18-19H2. The van der Waals surface area contributed by atoms with Gasteiger partial charge in [-0.2, -0.15) is 0 Å². The van der Waals surface area contributed by atoms with Crippen molar-refractivity contribution < 1.29 is 0 Å². The summed E-state index contributed by atoms with van der Waals surface area (Å²) in [5, 5.41) is 0. The fraction of sp³-hybridized carbons (Fsp3) is 0.294. The lowest BCUT2D eigenvalue weighted by molar-refractivity contribution is 0.376. The molecule has 0 spiro atoms. The number of hydrogen-bond acceptors (Lipinski definition) is 2. The summed E-state index contributed by atoms with van der Waals surface area (Å²) < 4.78 is 0. The third-order valence-electron chi connectivity index (χ3n) is 4.16. The summed E-state index contributed by atoms with van der Waals surface area (Å²) in [6, 6.07) is 16.9. The predicted molar refractivity (Wildman–Crippen MR) is 79.7 cm³/mol. The van der Waals surface area contributed by atoms with Crippen LogP contribution in [0.1, 0.15) is 29.2 Å². The van der Waals surface area contributed by atoms with Gasteiger partial charge < -0.3 is 11.5 Å². The second kappa shape index (κ2) is 5.06. The Morgan fingerprint density at radius 2 is 1.84 bits per heavy atom. The van der Waals surface area contributed by atoms with E-state index >= 15 is 0 Å². The fourth-order valence-electron chi connectivity index (χ4n) is 3.07. The van der Waals surface area contributed by atoms with Crippen LogP contribution in [0.15, 0.2) is 48.5 Å². The van der Waals surface area contributed by atoms with Crippen molar-refractivity contribution in [2.75, 3.05) is 5.73 Å². The maximum atomic E-state index is 6.45. The molecule has 98 valence electrons. The summed E-state index contributed by atoms with van der Waals surface area (Å²) in [5.41, 5.74) is 17.1. The zero-order chi connectivity index (χ0) is 13.2. The molecule has 2 nitrogen and oxygen atoms in total. The number of hydrogen-bond donors (Lipinski definition) is 2. The zero-order valence-electron chi connectivity index (χ0n) is 11.0. The van der Waals surface area contributed by atoms with Gasteiger partial charge in [-0.3, -0.25) is 0 Å². The fourth-order valence-corrected chi connectivity index (χ4v) is 3.07. The molecular formula is C17H20N2. The molecule has 2 atom stereocenters. The van der Waals surface area contributed by atoms with E-state index in [1.165, 1.54) is 16.7 Å². The molecule has 2 unspecified atom stereocenters. The average Bonchev–Trinajstić information content (AvgIpc) is 2.44. The number of anilines is 1. The molecule has 2 heteroatoms.